The predicted molar refractivity (Wildman–Crippen MR) is 131 cm³/mol. The van der Waals surface area contributed by atoms with Crippen molar-refractivity contribution >= 4 is 43.5 Å². The maximum atomic E-state index is 14.4. The van der Waals surface area contributed by atoms with Crippen molar-refractivity contribution in [2.45, 2.75) is 31.3 Å². The molecule has 0 radical (unpaired) electrons. The number of nitrogens with one attached hydrogen (secondary N) is 1. The first-order valence-electron chi connectivity index (χ1n) is 10.1. The number of carbonyl (C=O) groups excluding carboxylic acids is 1. The second-order valence-electron chi connectivity index (χ2n) is 7.63. The van der Waals surface area contributed by atoms with Crippen molar-refractivity contribution in [2.24, 2.45) is 0 Å². The molecule has 0 bridgehead atoms. The van der Waals surface area contributed by atoms with Crippen molar-refractivity contribution in [3.05, 3.63) is 98.7 Å². The molecule has 1 atom stereocenters. The van der Waals surface area contributed by atoms with Gasteiger partial charge >= 0.3 is 0 Å². The summed E-state index contributed by atoms with van der Waals surface area (Å²) in [6.45, 7) is 2.75. The summed E-state index contributed by atoms with van der Waals surface area (Å²) in [4.78, 5) is 12.9. The van der Waals surface area contributed by atoms with Crippen LogP contribution in [0.4, 0.5) is 4.39 Å². The zero-order chi connectivity index (χ0) is 24.2. The minimum atomic E-state index is -4.11. The standard InChI is InChI=1S/C24H23BrClFN2O3S/c1-16-6-12-20(13-7-16)33(31,32)29(14-21-22(26)4-3-5-23(21)27)15-24(30)28-17(2)18-8-10-19(25)11-9-18/h3-13,17H,14-15H2,1-2H3,(H,28,30). The molecule has 5 nitrogen and oxygen atoms in total. The fourth-order valence-corrected chi connectivity index (χ4v) is 5.08. The average Bonchev–Trinajstić information content (AvgIpc) is 2.76. The maximum absolute atomic E-state index is 14.4. The minimum Gasteiger partial charge on any atom is -0.348 e. The van der Waals surface area contributed by atoms with Gasteiger partial charge in [-0.1, -0.05) is 63.4 Å². The molecule has 3 aromatic rings. The van der Waals surface area contributed by atoms with E-state index in [2.05, 4.69) is 21.2 Å². The summed E-state index contributed by atoms with van der Waals surface area (Å²) in [6.07, 6.45) is 0. The van der Waals surface area contributed by atoms with Crippen molar-refractivity contribution < 1.29 is 17.6 Å². The van der Waals surface area contributed by atoms with E-state index >= 15 is 0 Å². The fourth-order valence-electron chi connectivity index (χ4n) is 3.23. The van der Waals surface area contributed by atoms with Crippen LogP contribution in [0.2, 0.25) is 5.02 Å². The van der Waals surface area contributed by atoms with Gasteiger partial charge in [0.15, 0.2) is 0 Å². The molecule has 1 unspecified atom stereocenters. The summed E-state index contributed by atoms with van der Waals surface area (Å²) in [5, 5.41) is 2.89. The number of sulfonamides is 1. The number of halogens is 3. The Morgan fingerprint density at radius 3 is 2.33 bits per heavy atom. The van der Waals surface area contributed by atoms with Crippen LogP contribution in [0.25, 0.3) is 0 Å². The number of hydrogen-bond acceptors (Lipinski definition) is 3. The minimum absolute atomic E-state index is 0.00334. The molecule has 9 heteroatoms. The normalized spacial score (nSPS) is 12.5. The number of amides is 1. The molecule has 0 saturated carbocycles. The number of carbonyl (C=O) groups is 1. The van der Waals surface area contributed by atoms with Gasteiger partial charge in [-0.15, -0.1) is 0 Å². The van der Waals surface area contributed by atoms with Crippen molar-refractivity contribution in [3.8, 4) is 0 Å². The summed E-state index contributed by atoms with van der Waals surface area (Å²) in [5.41, 5.74) is 1.75. The molecule has 174 valence electrons. The lowest BCUT2D eigenvalue weighted by Crippen LogP contribution is -2.41. The molecule has 1 amide bonds. The van der Waals surface area contributed by atoms with Gasteiger partial charge in [0.1, 0.15) is 5.82 Å². The van der Waals surface area contributed by atoms with Gasteiger partial charge < -0.3 is 5.32 Å². The highest BCUT2D eigenvalue weighted by Crippen LogP contribution is 2.25. The topological polar surface area (TPSA) is 66.5 Å². The quantitative estimate of drug-likeness (QED) is 0.394. The smallest absolute Gasteiger partial charge is 0.243 e. The maximum Gasteiger partial charge on any atom is 0.243 e. The Morgan fingerprint density at radius 1 is 1.09 bits per heavy atom. The van der Waals surface area contributed by atoms with Crippen LogP contribution in [0, 0.1) is 12.7 Å². The first-order valence-corrected chi connectivity index (χ1v) is 12.7. The van der Waals surface area contributed by atoms with E-state index in [0.717, 1.165) is 19.9 Å². The van der Waals surface area contributed by atoms with Gasteiger partial charge in [0.2, 0.25) is 15.9 Å². The van der Waals surface area contributed by atoms with Gasteiger partial charge in [0.25, 0.3) is 0 Å². The summed E-state index contributed by atoms with van der Waals surface area (Å²) < 4.78 is 43.0. The average molecular weight is 554 g/mol. The molecule has 3 rings (SSSR count). The van der Waals surface area contributed by atoms with Crippen molar-refractivity contribution in [1.29, 1.82) is 0 Å². The van der Waals surface area contributed by atoms with Gasteiger partial charge in [-0.25, -0.2) is 12.8 Å². The Kier molecular flexibility index (Phi) is 8.28. The lowest BCUT2D eigenvalue weighted by atomic mass is 10.1. The van der Waals surface area contributed by atoms with Crippen LogP contribution in [-0.4, -0.2) is 25.2 Å². The Bertz CT molecular complexity index is 1220. The third-order valence-electron chi connectivity index (χ3n) is 5.12. The highest BCUT2D eigenvalue weighted by atomic mass is 79.9. The zero-order valence-corrected chi connectivity index (χ0v) is 21.2. The SMILES string of the molecule is Cc1ccc(S(=O)(=O)N(CC(=O)NC(C)c2ccc(Br)cc2)Cc2c(F)cccc2Cl)cc1. The van der Waals surface area contributed by atoms with Gasteiger partial charge in [-0.2, -0.15) is 4.31 Å². The monoisotopic (exact) mass is 552 g/mol. The lowest BCUT2D eigenvalue weighted by Gasteiger charge is -2.24. The molecule has 0 aliphatic heterocycles. The number of nitrogens with zero attached hydrogens (tertiary/aromatic N) is 1. The predicted octanol–water partition coefficient (Wildman–Crippen LogP) is 5.62. The molecule has 0 spiro atoms. The number of benzene rings is 3. The second kappa shape index (κ2) is 10.8. The van der Waals surface area contributed by atoms with Crippen molar-refractivity contribution in [1.82, 2.24) is 9.62 Å². The van der Waals surface area contributed by atoms with Crippen LogP contribution in [-0.2, 0) is 21.4 Å². The first-order chi connectivity index (χ1) is 15.6. The molecule has 0 aromatic heterocycles. The van der Waals surface area contributed by atoms with Crippen LogP contribution >= 0.6 is 27.5 Å². The molecular formula is C24H23BrClFN2O3S. The number of aryl methyl sites for hydroxylation is 1. The second-order valence-corrected chi connectivity index (χ2v) is 10.9. The largest absolute Gasteiger partial charge is 0.348 e. The molecule has 3 aromatic carbocycles. The van der Waals surface area contributed by atoms with Gasteiger partial charge in [-0.3, -0.25) is 4.79 Å². The Hall–Kier alpha value is -2.26. The molecule has 0 aliphatic rings. The van der Waals surface area contributed by atoms with E-state index in [9.17, 15) is 17.6 Å². The summed E-state index contributed by atoms with van der Waals surface area (Å²) >= 11 is 9.51. The zero-order valence-electron chi connectivity index (χ0n) is 18.1. The Balaban J connectivity index is 1.88. The molecule has 0 aliphatic carbocycles. The Labute approximate surface area is 206 Å². The molecule has 33 heavy (non-hydrogen) atoms. The van der Waals surface area contributed by atoms with E-state index in [1.165, 1.54) is 30.3 Å². The van der Waals surface area contributed by atoms with Gasteiger partial charge in [0, 0.05) is 21.6 Å². The van der Waals surface area contributed by atoms with Crippen LogP contribution in [0.3, 0.4) is 0 Å². The van der Waals surface area contributed by atoms with E-state index in [4.69, 9.17) is 11.6 Å². The van der Waals surface area contributed by atoms with E-state index < -0.39 is 28.3 Å². The highest BCUT2D eigenvalue weighted by Gasteiger charge is 2.29. The van der Waals surface area contributed by atoms with E-state index in [0.29, 0.717) is 0 Å². The summed E-state index contributed by atoms with van der Waals surface area (Å²) in [5.74, 6) is -1.16. The van der Waals surface area contributed by atoms with Crippen LogP contribution < -0.4 is 5.32 Å². The number of hydrogen-bond donors (Lipinski definition) is 1. The van der Waals surface area contributed by atoms with Crippen molar-refractivity contribution in [2.75, 3.05) is 6.54 Å². The summed E-state index contributed by atoms with van der Waals surface area (Å²) in [6, 6.07) is 17.4. The molecule has 0 saturated heterocycles. The van der Waals surface area contributed by atoms with Crippen LogP contribution in [0.15, 0.2) is 76.1 Å². The molecule has 0 fully saturated rings. The van der Waals surface area contributed by atoms with Gasteiger partial charge in [-0.05, 0) is 55.8 Å². The first kappa shape index (κ1) is 25.4. The third kappa shape index (κ3) is 6.41. The van der Waals surface area contributed by atoms with Crippen LogP contribution in [0.1, 0.15) is 29.7 Å². The highest BCUT2D eigenvalue weighted by molar-refractivity contribution is 9.10. The fraction of sp³-hybridized carbons (Fsp3) is 0.208. The lowest BCUT2D eigenvalue weighted by molar-refractivity contribution is -0.122. The van der Waals surface area contributed by atoms with E-state index in [1.54, 1.807) is 19.1 Å². The van der Waals surface area contributed by atoms with Gasteiger partial charge in [0.05, 0.1) is 17.5 Å². The van der Waals surface area contributed by atoms with Crippen molar-refractivity contribution in [3.63, 3.8) is 0 Å². The molecule has 1 N–H and O–H groups in total. The van der Waals surface area contributed by atoms with Crippen LogP contribution in [0.5, 0.6) is 0 Å². The molecule has 0 heterocycles. The number of rotatable bonds is 8. The van der Waals surface area contributed by atoms with E-state index in [1.807, 2.05) is 31.2 Å². The third-order valence-corrected chi connectivity index (χ3v) is 7.81. The molecular weight excluding hydrogens is 531 g/mol. The van der Waals surface area contributed by atoms with E-state index in [-0.39, 0.29) is 28.1 Å². The summed E-state index contributed by atoms with van der Waals surface area (Å²) in [7, 11) is -4.11. The Morgan fingerprint density at radius 2 is 1.73 bits per heavy atom.